The molecule has 0 aliphatic heterocycles. The van der Waals surface area contributed by atoms with Gasteiger partial charge >= 0.3 is 0 Å². The smallest absolute Gasteiger partial charge is 0.119 e. The minimum Gasteiger partial charge on any atom is -0.494 e. The molecule has 2 aromatic rings. The molecule has 0 aliphatic carbocycles. The van der Waals surface area contributed by atoms with E-state index in [0.29, 0.717) is 31.4 Å². The van der Waals surface area contributed by atoms with Crippen molar-refractivity contribution < 1.29 is 13.9 Å². The molecule has 0 aliphatic rings. The normalized spacial score (nSPS) is 12.7. The van der Waals surface area contributed by atoms with Gasteiger partial charge in [0, 0.05) is 23.6 Å². The van der Waals surface area contributed by atoms with E-state index < -0.39 is 0 Å². The van der Waals surface area contributed by atoms with Gasteiger partial charge in [0.15, 0.2) is 0 Å². The molecule has 0 amide bonds. The van der Waals surface area contributed by atoms with Crippen molar-refractivity contribution in [3.63, 3.8) is 0 Å². The second kappa shape index (κ2) is 9.82. The van der Waals surface area contributed by atoms with Crippen molar-refractivity contribution >= 4 is 11.6 Å². The van der Waals surface area contributed by atoms with Crippen molar-refractivity contribution in [2.75, 3.05) is 25.8 Å². The Balaban J connectivity index is 2.04. The maximum Gasteiger partial charge on any atom is 0.119 e. The first-order valence-corrected chi connectivity index (χ1v) is 9.59. The van der Waals surface area contributed by atoms with Crippen molar-refractivity contribution in [2.45, 2.75) is 32.6 Å². The number of alkyl halides is 2. The number of rotatable bonds is 10. The number of ether oxygens (including phenoxy) is 2. The summed E-state index contributed by atoms with van der Waals surface area (Å²) in [7, 11) is 0. The van der Waals surface area contributed by atoms with Gasteiger partial charge in [-0.2, -0.15) is 0 Å². The molecule has 0 radical (unpaired) electrons. The van der Waals surface area contributed by atoms with Gasteiger partial charge in [0.05, 0.1) is 19.9 Å². The molecular formula is C22H28ClFO2. The molecule has 0 fully saturated rings. The van der Waals surface area contributed by atoms with Gasteiger partial charge < -0.3 is 9.47 Å². The van der Waals surface area contributed by atoms with E-state index in [-0.39, 0.29) is 12.1 Å². The Hall–Kier alpha value is -1.74. The average Bonchev–Trinajstić information content (AvgIpc) is 2.67. The zero-order valence-corrected chi connectivity index (χ0v) is 16.6. The first kappa shape index (κ1) is 20.6. The van der Waals surface area contributed by atoms with Crippen LogP contribution in [0, 0.1) is 5.92 Å². The molecule has 0 heterocycles. The highest BCUT2D eigenvalue weighted by molar-refractivity contribution is 6.18. The van der Waals surface area contributed by atoms with Gasteiger partial charge in [0.25, 0.3) is 0 Å². The van der Waals surface area contributed by atoms with E-state index in [4.69, 9.17) is 21.1 Å². The SMILES string of the molecule is CC(CCl)COc1ccc(C(C)(C)c2ccc(OCCCF)cc2)cc1. The second-order valence-corrected chi connectivity index (χ2v) is 7.44. The monoisotopic (exact) mass is 378 g/mol. The summed E-state index contributed by atoms with van der Waals surface area (Å²) in [4.78, 5) is 0. The Kier molecular flexibility index (Phi) is 7.77. The third-order valence-corrected chi connectivity index (χ3v) is 5.02. The molecule has 0 N–H and O–H groups in total. The van der Waals surface area contributed by atoms with Gasteiger partial charge in [-0.15, -0.1) is 11.6 Å². The minimum atomic E-state index is -0.352. The first-order chi connectivity index (χ1) is 12.5. The van der Waals surface area contributed by atoms with Crippen LogP contribution < -0.4 is 9.47 Å². The van der Waals surface area contributed by atoms with E-state index in [0.717, 1.165) is 11.5 Å². The van der Waals surface area contributed by atoms with Crippen LogP contribution in [-0.2, 0) is 5.41 Å². The Bertz CT molecular complexity index is 653. The molecule has 1 atom stereocenters. The van der Waals surface area contributed by atoms with Crippen LogP contribution in [0.1, 0.15) is 38.3 Å². The Morgan fingerprint density at radius 3 is 1.88 bits per heavy atom. The zero-order valence-electron chi connectivity index (χ0n) is 15.8. The van der Waals surface area contributed by atoms with Crippen molar-refractivity contribution in [1.82, 2.24) is 0 Å². The molecule has 0 spiro atoms. The molecule has 2 aromatic carbocycles. The van der Waals surface area contributed by atoms with Gasteiger partial charge in [0.2, 0.25) is 0 Å². The van der Waals surface area contributed by atoms with Gasteiger partial charge in [-0.05, 0) is 35.4 Å². The highest BCUT2D eigenvalue weighted by atomic mass is 35.5. The van der Waals surface area contributed by atoms with Crippen molar-refractivity contribution in [1.29, 1.82) is 0 Å². The highest BCUT2D eigenvalue weighted by Gasteiger charge is 2.23. The summed E-state index contributed by atoms with van der Waals surface area (Å²) in [5.41, 5.74) is 2.26. The lowest BCUT2D eigenvalue weighted by Gasteiger charge is -2.26. The van der Waals surface area contributed by atoms with E-state index in [1.165, 1.54) is 11.1 Å². The van der Waals surface area contributed by atoms with Crippen LogP contribution in [0.25, 0.3) is 0 Å². The van der Waals surface area contributed by atoms with Gasteiger partial charge in [-0.3, -0.25) is 4.39 Å². The molecule has 2 nitrogen and oxygen atoms in total. The summed E-state index contributed by atoms with van der Waals surface area (Å²) < 4.78 is 23.4. The van der Waals surface area contributed by atoms with Crippen LogP contribution in [0.5, 0.6) is 11.5 Å². The Morgan fingerprint density at radius 1 is 0.923 bits per heavy atom. The summed E-state index contributed by atoms with van der Waals surface area (Å²) in [5, 5.41) is 0. The third kappa shape index (κ3) is 5.63. The predicted octanol–water partition coefficient (Wildman–Crippen LogP) is 6.00. The van der Waals surface area contributed by atoms with E-state index in [1.807, 2.05) is 24.3 Å². The molecule has 142 valence electrons. The Morgan fingerprint density at radius 2 is 1.42 bits per heavy atom. The highest BCUT2D eigenvalue weighted by Crippen LogP contribution is 2.33. The number of hydrogen-bond acceptors (Lipinski definition) is 2. The zero-order chi connectivity index (χ0) is 19.0. The van der Waals surface area contributed by atoms with Crippen LogP contribution in [0.4, 0.5) is 4.39 Å². The minimum absolute atomic E-state index is 0.139. The summed E-state index contributed by atoms with van der Waals surface area (Å²) in [6.07, 6.45) is 0.422. The summed E-state index contributed by atoms with van der Waals surface area (Å²) in [6.45, 7) is 7.12. The molecule has 26 heavy (non-hydrogen) atoms. The van der Waals surface area contributed by atoms with Gasteiger partial charge in [-0.25, -0.2) is 0 Å². The van der Waals surface area contributed by atoms with E-state index in [1.54, 1.807) is 0 Å². The largest absolute Gasteiger partial charge is 0.494 e. The Labute approximate surface area is 161 Å². The topological polar surface area (TPSA) is 18.5 Å². The second-order valence-electron chi connectivity index (χ2n) is 7.14. The lowest BCUT2D eigenvalue weighted by atomic mass is 9.78. The summed E-state index contributed by atoms with van der Waals surface area (Å²) in [5.74, 6) is 2.56. The number of halogens is 2. The predicted molar refractivity (Wildman–Crippen MR) is 106 cm³/mol. The van der Waals surface area contributed by atoms with Crippen molar-refractivity contribution in [3.8, 4) is 11.5 Å². The lowest BCUT2D eigenvalue weighted by molar-refractivity contribution is 0.272. The standard InChI is InChI=1S/C22H28ClFO2/c1-17(15-23)16-26-21-11-7-19(8-12-21)22(2,3)18-5-9-20(10-6-18)25-14-4-13-24/h5-12,17H,4,13-16H2,1-3H3. The molecule has 1 unspecified atom stereocenters. The lowest BCUT2D eigenvalue weighted by Crippen LogP contribution is -2.18. The number of benzene rings is 2. The summed E-state index contributed by atoms with van der Waals surface area (Å²) >= 11 is 5.81. The fraction of sp³-hybridized carbons (Fsp3) is 0.455. The molecule has 0 saturated heterocycles. The molecular weight excluding hydrogens is 351 g/mol. The molecule has 4 heteroatoms. The van der Waals surface area contributed by atoms with E-state index >= 15 is 0 Å². The van der Waals surface area contributed by atoms with Crippen LogP contribution in [0.15, 0.2) is 48.5 Å². The van der Waals surface area contributed by atoms with Crippen LogP contribution in [0.3, 0.4) is 0 Å². The molecule has 0 saturated carbocycles. The molecule has 2 rings (SSSR count). The molecule has 0 bridgehead atoms. The maximum atomic E-state index is 12.1. The fourth-order valence-electron chi connectivity index (χ4n) is 2.63. The van der Waals surface area contributed by atoms with Crippen LogP contribution in [0.2, 0.25) is 0 Å². The first-order valence-electron chi connectivity index (χ1n) is 9.06. The quantitative estimate of drug-likeness (QED) is 0.372. The van der Waals surface area contributed by atoms with Crippen molar-refractivity contribution in [2.24, 2.45) is 5.92 Å². The third-order valence-electron chi connectivity index (χ3n) is 4.50. The van der Waals surface area contributed by atoms with Crippen LogP contribution >= 0.6 is 11.6 Å². The van der Waals surface area contributed by atoms with E-state index in [9.17, 15) is 4.39 Å². The molecule has 0 aromatic heterocycles. The summed E-state index contributed by atoms with van der Waals surface area (Å²) in [6, 6.07) is 16.2. The van der Waals surface area contributed by atoms with Crippen LogP contribution in [-0.4, -0.2) is 25.8 Å². The average molecular weight is 379 g/mol. The maximum absolute atomic E-state index is 12.1. The number of hydrogen-bond donors (Lipinski definition) is 0. The fourth-order valence-corrected chi connectivity index (χ4v) is 2.72. The van der Waals surface area contributed by atoms with Gasteiger partial charge in [-0.1, -0.05) is 45.0 Å². The van der Waals surface area contributed by atoms with Gasteiger partial charge in [0.1, 0.15) is 11.5 Å². The van der Waals surface area contributed by atoms with Crippen molar-refractivity contribution in [3.05, 3.63) is 59.7 Å². The van der Waals surface area contributed by atoms with E-state index in [2.05, 4.69) is 45.0 Å².